The van der Waals surface area contributed by atoms with Crippen molar-refractivity contribution in [2.24, 2.45) is 4.99 Å². The Hall–Kier alpha value is -4.69. The minimum atomic E-state index is 0.997. The zero-order valence-electron chi connectivity index (χ0n) is 21.9. The van der Waals surface area contributed by atoms with Crippen LogP contribution in [0.2, 0.25) is 0 Å². The van der Waals surface area contributed by atoms with Crippen LogP contribution in [0.1, 0.15) is 18.1 Å². The van der Waals surface area contributed by atoms with E-state index in [1.807, 2.05) is 6.21 Å². The van der Waals surface area contributed by atoms with Crippen LogP contribution in [0.5, 0.6) is 0 Å². The number of nitrogens with zero attached hydrogens (tertiary/aromatic N) is 2. The summed E-state index contributed by atoms with van der Waals surface area (Å²) in [5.74, 6) is 0. The molecule has 0 amide bonds. The molecule has 7 rings (SSSR count). The van der Waals surface area contributed by atoms with Crippen LogP contribution < -0.4 is 10.4 Å². The fourth-order valence-electron chi connectivity index (χ4n) is 6.18. The van der Waals surface area contributed by atoms with Crippen molar-refractivity contribution in [1.82, 2.24) is 4.57 Å². The molecule has 38 heavy (non-hydrogen) atoms. The summed E-state index contributed by atoms with van der Waals surface area (Å²) >= 11 is 0. The van der Waals surface area contributed by atoms with E-state index in [1.165, 1.54) is 65.7 Å². The number of fused-ring (bicyclic) bond motifs is 8. The molecule has 0 unspecified atom stereocenters. The van der Waals surface area contributed by atoms with E-state index >= 15 is 0 Å². The van der Waals surface area contributed by atoms with Crippen molar-refractivity contribution in [1.29, 1.82) is 0 Å². The average molecular weight is 489 g/mol. The number of hydrogen-bond acceptors (Lipinski definition) is 1. The van der Waals surface area contributed by atoms with E-state index in [9.17, 15) is 0 Å². The molecular formula is C36H28N2. The molecule has 0 aliphatic carbocycles. The zero-order valence-corrected chi connectivity index (χ0v) is 21.9. The maximum Gasteiger partial charge on any atom is 0.0708 e. The molecule has 2 heterocycles. The molecule has 182 valence electrons. The molecule has 1 aliphatic rings. The van der Waals surface area contributed by atoms with Gasteiger partial charge in [0.15, 0.2) is 0 Å². The van der Waals surface area contributed by atoms with E-state index in [0.717, 1.165) is 11.3 Å². The second kappa shape index (κ2) is 8.71. The van der Waals surface area contributed by atoms with Crippen LogP contribution in [0.15, 0.2) is 102 Å². The first-order chi connectivity index (χ1) is 18.7. The lowest BCUT2D eigenvalue weighted by Gasteiger charge is -2.17. The Morgan fingerprint density at radius 3 is 2.26 bits per heavy atom. The average Bonchev–Trinajstić information content (AvgIpc) is 3.27. The molecule has 1 aromatic heterocycles. The molecule has 0 fully saturated rings. The second-order valence-electron chi connectivity index (χ2n) is 10.0. The van der Waals surface area contributed by atoms with Crippen LogP contribution >= 0.6 is 0 Å². The molecule has 1 aliphatic heterocycles. The summed E-state index contributed by atoms with van der Waals surface area (Å²) < 4.78 is 2.46. The molecule has 0 saturated carbocycles. The molecule has 0 saturated heterocycles. The summed E-state index contributed by atoms with van der Waals surface area (Å²) in [7, 11) is 0. The fourth-order valence-corrected chi connectivity index (χ4v) is 6.18. The third-order valence-corrected chi connectivity index (χ3v) is 7.96. The highest BCUT2D eigenvalue weighted by Crippen LogP contribution is 2.37. The molecule has 2 nitrogen and oxygen atoms in total. The lowest BCUT2D eigenvalue weighted by molar-refractivity contribution is 1.15. The third-order valence-electron chi connectivity index (χ3n) is 7.96. The minimum absolute atomic E-state index is 0.997. The van der Waals surface area contributed by atoms with Gasteiger partial charge < -0.3 is 4.57 Å². The van der Waals surface area contributed by atoms with Gasteiger partial charge in [-0.15, -0.1) is 0 Å². The molecule has 2 heteroatoms. The molecule has 0 N–H and O–H groups in total. The smallest absolute Gasteiger partial charge is 0.0708 e. The number of aromatic nitrogens is 1. The van der Waals surface area contributed by atoms with Crippen molar-refractivity contribution in [2.75, 3.05) is 0 Å². The van der Waals surface area contributed by atoms with E-state index < -0.39 is 0 Å². The van der Waals surface area contributed by atoms with Gasteiger partial charge in [0.05, 0.1) is 16.7 Å². The molecule has 0 radical (unpaired) electrons. The van der Waals surface area contributed by atoms with Gasteiger partial charge in [0.1, 0.15) is 0 Å². The first-order valence-electron chi connectivity index (χ1n) is 13.2. The van der Waals surface area contributed by atoms with Crippen LogP contribution in [-0.2, 0) is 0 Å². The Balaban J connectivity index is 1.66. The molecule has 0 spiro atoms. The summed E-state index contributed by atoms with van der Waals surface area (Å²) in [6, 6.07) is 35.0. The second-order valence-corrected chi connectivity index (χ2v) is 10.0. The van der Waals surface area contributed by atoms with Crippen molar-refractivity contribution in [2.45, 2.75) is 20.8 Å². The van der Waals surface area contributed by atoms with E-state index in [1.54, 1.807) is 0 Å². The summed E-state index contributed by atoms with van der Waals surface area (Å²) in [5, 5.41) is 5.00. The molecule has 2 bridgehead atoms. The number of benzene rings is 5. The topological polar surface area (TPSA) is 17.3 Å². The van der Waals surface area contributed by atoms with Crippen LogP contribution in [0, 0.1) is 13.8 Å². The Morgan fingerprint density at radius 2 is 1.42 bits per heavy atom. The number of aryl methyl sites for hydroxylation is 1. The molecule has 5 aromatic carbocycles. The van der Waals surface area contributed by atoms with Gasteiger partial charge in [-0.3, -0.25) is 4.99 Å². The summed E-state index contributed by atoms with van der Waals surface area (Å²) in [6.07, 6.45) is 6.39. The van der Waals surface area contributed by atoms with Crippen LogP contribution in [0.4, 0.5) is 5.69 Å². The number of rotatable bonds is 2. The monoisotopic (exact) mass is 488 g/mol. The van der Waals surface area contributed by atoms with Crippen LogP contribution in [0.3, 0.4) is 0 Å². The van der Waals surface area contributed by atoms with E-state index in [-0.39, 0.29) is 0 Å². The maximum absolute atomic E-state index is 4.81. The number of hydrogen-bond donors (Lipinski definition) is 0. The van der Waals surface area contributed by atoms with Crippen molar-refractivity contribution < 1.29 is 0 Å². The summed E-state index contributed by atoms with van der Waals surface area (Å²) in [5.41, 5.74) is 12.1. The zero-order chi connectivity index (χ0) is 25.8. The van der Waals surface area contributed by atoms with Gasteiger partial charge in [0, 0.05) is 28.2 Å². The van der Waals surface area contributed by atoms with Gasteiger partial charge in [0.25, 0.3) is 0 Å². The first kappa shape index (κ1) is 22.5. The largest absolute Gasteiger partial charge is 0.309 e. The van der Waals surface area contributed by atoms with Crippen molar-refractivity contribution in [3.8, 4) is 27.9 Å². The SMILES string of the molecule is C/C=c1\c2cc3c(c1=CC=Nc1ccccc1-2)c1ccccc1n3-c1cccc(-c2ccccc2C)c1C. The van der Waals surface area contributed by atoms with Gasteiger partial charge in [0.2, 0.25) is 0 Å². The maximum atomic E-state index is 4.81. The standard InChI is InChI=1S/C36H28N2/c1-4-25-29-20-21-37-32-17-9-7-14-28(32)31(25)22-35-36(29)30-15-8-10-18-34(30)38(35)33-19-11-16-27(24(33)3)26-13-6-5-12-23(26)2/h4-22H,1-3H3/b21-20?,25-4-,29-20?,31-28?,37-21?,37-32?. The lowest BCUT2D eigenvalue weighted by atomic mass is 9.95. The van der Waals surface area contributed by atoms with Gasteiger partial charge in [-0.1, -0.05) is 78.9 Å². The first-order valence-corrected chi connectivity index (χ1v) is 13.2. The Morgan fingerprint density at radius 1 is 0.684 bits per heavy atom. The number of para-hydroxylation sites is 2. The highest BCUT2D eigenvalue weighted by molar-refractivity contribution is 6.13. The predicted molar refractivity (Wildman–Crippen MR) is 163 cm³/mol. The highest BCUT2D eigenvalue weighted by Gasteiger charge is 2.19. The Labute approximate surface area is 222 Å². The molecular weight excluding hydrogens is 460 g/mol. The predicted octanol–water partition coefficient (Wildman–Crippen LogP) is 8.03. The van der Waals surface area contributed by atoms with Gasteiger partial charge in [-0.05, 0) is 89.4 Å². The Kier molecular flexibility index (Phi) is 5.16. The third kappa shape index (κ3) is 3.23. The summed E-state index contributed by atoms with van der Waals surface area (Å²) in [6.45, 7) is 6.58. The van der Waals surface area contributed by atoms with Gasteiger partial charge >= 0.3 is 0 Å². The van der Waals surface area contributed by atoms with E-state index in [0.29, 0.717) is 0 Å². The molecule has 6 aromatic rings. The normalized spacial score (nSPS) is 12.9. The van der Waals surface area contributed by atoms with Gasteiger partial charge in [-0.25, -0.2) is 0 Å². The Bertz CT molecular complexity index is 2050. The van der Waals surface area contributed by atoms with Crippen LogP contribution in [-0.4, -0.2) is 10.8 Å². The van der Waals surface area contributed by atoms with E-state index in [4.69, 9.17) is 4.99 Å². The van der Waals surface area contributed by atoms with Gasteiger partial charge in [-0.2, -0.15) is 0 Å². The lowest BCUT2D eigenvalue weighted by Crippen LogP contribution is -2.28. The summed E-state index contributed by atoms with van der Waals surface area (Å²) in [4.78, 5) is 4.81. The van der Waals surface area contributed by atoms with Crippen molar-refractivity contribution in [3.63, 3.8) is 0 Å². The van der Waals surface area contributed by atoms with Crippen molar-refractivity contribution >= 4 is 45.9 Å². The minimum Gasteiger partial charge on any atom is -0.309 e. The van der Waals surface area contributed by atoms with E-state index in [2.05, 4.69) is 135 Å². The van der Waals surface area contributed by atoms with Crippen LogP contribution in [0.25, 0.3) is 61.9 Å². The van der Waals surface area contributed by atoms with Crippen molar-refractivity contribution in [3.05, 3.63) is 119 Å². The quantitative estimate of drug-likeness (QED) is 0.235. The fraction of sp³-hybridized carbons (Fsp3) is 0.0833. The highest BCUT2D eigenvalue weighted by atomic mass is 15.0. The number of aliphatic imine (C=N–C) groups is 1. The molecule has 0 atom stereocenters.